The number of benzene rings is 2. The fourth-order valence-corrected chi connectivity index (χ4v) is 3.69. The molecule has 6 heteroatoms. The van der Waals surface area contributed by atoms with Gasteiger partial charge in [0.2, 0.25) is 15.9 Å². The van der Waals surface area contributed by atoms with E-state index in [4.69, 9.17) is 0 Å². The molecule has 0 unspecified atom stereocenters. The van der Waals surface area contributed by atoms with Gasteiger partial charge in [0.1, 0.15) is 0 Å². The first-order valence-electron chi connectivity index (χ1n) is 8.12. The largest absolute Gasteiger partial charge is 0.326 e. The van der Waals surface area contributed by atoms with Gasteiger partial charge >= 0.3 is 0 Å². The summed E-state index contributed by atoms with van der Waals surface area (Å²) in [7, 11) is -1.96. The molecule has 0 atom stereocenters. The van der Waals surface area contributed by atoms with E-state index in [1.54, 1.807) is 0 Å². The van der Waals surface area contributed by atoms with Gasteiger partial charge in [-0.2, -0.15) is 0 Å². The molecular weight excluding hydrogens is 336 g/mol. The van der Waals surface area contributed by atoms with Crippen molar-refractivity contribution in [1.29, 1.82) is 0 Å². The lowest BCUT2D eigenvalue weighted by Gasteiger charge is -2.17. The van der Waals surface area contributed by atoms with Crippen molar-refractivity contribution in [2.45, 2.75) is 26.8 Å². The Morgan fingerprint density at radius 2 is 1.64 bits per heavy atom. The average molecular weight is 360 g/mol. The standard InChI is InChI=1S/C19H24N2O3S/c1-15-11-16(2)13-18(12-15)20-19(22)9-10-25(23,24)21(3)14-17-7-5-4-6-8-17/h4-8,11-13H,9-10,14H2,1-3H3,(H,20,22). The second-order valence-corrected chi connectivity index (χ2v) is 8.43. The number of nitrogens with one attached hydrogen (secondary N) is 1. The van der Waals surface area contributed by atoms with E-state index in [1.165, 1.54) is 11.4 Å². The van der Waals surface area contributed by atoms with E-state index in [2.05, 4.69) is 5.32 Å². The predicted molar refractivity (Wildman–Crippen MR) is 101 cm³/mol. The molecule has 2 aromatic carbocycles. The van der Waals surface area contributed by atoms with Crippen LogP contribution >= 0.6 is 0 Å². The van der Waals surface area contributed by atoms with E-state index in [1.807, 2.05) is 62.4 Å². The van der Waals surface area contributed by atoms with Crippen LogP contribution in [0.5, 0.6) is 0 Å². The van der Waals surface area contributed by atoms with Gasteiger partial charge in [0.05, 0.1) is 5.75 Å². The summed E-state index contributed by atoms with van der Waals surface area (Å²) < 4.78 is 26.0. The highest BCUT2D eigenvalue weighted by Crippen LogP contribution is 2.14. The second-order valence-electron chi connectivity index (χ2n) is 6.23. The second kappa shape index (κ2) is 8.27. The number of anilines is 1. The Morgan fingerprint density at radius 1 is 1.04 bits per heavy atom. The van der Waals surface area contributed by atoms with E-state index >= 15 is 0 Å². The van der Waals surface area contributed by atoms with Crippen LogP contribution in [-0.4, -0.2) is 31.4 Å². The number of nitrogens with zero attached hydrogens (tertiary/aromatic N) is 1. The Kier molecular flexibility index (Phi) is 6.33. The first-order chi connectivity index (χ1) is 11.8. The van der Waals surface area contributed by atoms with Gasteiger partial charge in [0.25, 0.3) is 0 Å². The molecule has 25 heavy (non-hydrogen) atoms. The number of hydrogen-bond acceptors (Lipinski definition) is 3. The van der Waals surface area contributed by atoms with Gasteiger partial charge in [-0.3, -0.25) is 4.79 Å². The van der Waals surface area contributed by atoms with Gasteiger partial charge in [-0.05, 0) is 42.7 Å². The predicted octanol–water partition coefficient (Wildman–Crippen LogP) is 3.09. The molecule has 0 saturated heterocycles. The minimum Gasteiger partial charge on any atom is -0.326 e. The highest BCUT2D eigenvalue weighted by Gasteiger charge is 2.19. The smallest absolute Gasteiger partial charge is 0.225 e. The lowest BCUT2D eigenvalue weighted by molar-refractivity contribution is -0.115. The summed E-state index contributed by atoms with van der Waals surface area (Å²) in [5.74, 6) is -0.519. The van der Waals surface area contributed by atoms with Crippen molar-refractivity contribution < 1.29 is 13.2 Å². The zero-order valence-electron chi connectivity index (χ0n) is 14.8. The molecule has 0 spiro atoms. The summed E-state index contributed by atoms with van der Waals surface area (Å²) in [5.41, 5.74) is 3.70. The molecule has 0 fully saturated rings. The zero-order valence-corrected chi connectivity index (χ0v) is 15.6. The van der Waals surface area contributed by atoms with Crippen molar-refractivity contribution in [3.05, 3.63) is 65.2 Å². The average Bonchev–Trinajstić information content (AvgIpc) is 2.53. The third-order valence-electron chi connectivity index (χ3n) is 3.82. The molecule has 0 aliphatic carbocycles. The van der Waals surface area contributed by atoms with Gasteiger partial charge in [0.15, 0.2) is 0 Å². The molecule has 134 valence electrons. The lowest BCUT2D eigenvalue weighted by atomic mass is 10.1. The molecule has 0 saturated carbocycles. The number of sulfonamides is 1. The summed E-state index contributed by atoms with van der Waals surface area (Å²) >= 11 is 0. The van der Waals surface area contributed by atoms with Crippen molar-refractivity contribution in [2.75, 3.05) is 18.1 Å². The van der Waals surface area contributed by atoms with Crippen LogP contribution in [0.3, 0.4) is 0 Å². The highest BCUT2D eigenvalue weighted by atomic mass is 32.2. The molecule has 2 rings (SSSR count). The SMILES string of the molecule is Cc1cc(C)cc(NC(=O)CCS(=O)(=O)N(C)Cc2ccccc2)c1. The lowest BCUT2D eigenvalue weighted by Crippen LogP contribution is -2.30. The topological polar surface area (TPSA) is 66.5 Å². The summed E-state index contributed by atoms with van der Waals surface area (Å²) in [4.78, 5) is 12.1. The van der Waals surface area contributed by atoms with Crippen LogP contribution in [0.25, 0.3) is 0 Å². The fourth-order valence-electron chi connectivity index (χ4n) is 2.59. The third kappa shape index (κ3) is 5.99. The molecule has 0 heterocycles. The molecule has 1 N–H and O–H groups in total. The Hall–Kier alpha value is -2.18. The first-order valence-corrected chi connectivity index (χ1v) is 9.73. The van der Waals surface area contributed by atoms with Gasteiger partial charge in [-0.1, -0.05) is 36.4 Å². The first kappa shape index (κ1) is 19.1. The maximum atomic E-state index is 12.3. The van der Waals surface area contributed by atoms with Gasteiger partial charge in [-0.15, -0.1) is 0 Å². The van der Waals surface area contributed by atoms with Crippen LogP contribution in [0.2, 0.25) is 0 Å². The summed E-state index contributed by atoms with van der Waals surface area (Å²) in [6, 6.07) is 15.1. The van der Waals surface area contributed by atoms with E-state index in [0.29, 0.717) is 12.2 Å². The Labute approximate surface area is 149 Å². The Morgan fingerprint density at radius 3 is 2.24 bits per heavy atom. The van der Waals surface area contributed by atoms with Crippen LogP contribution < -0.4 is 5.32 Å². The molecule has 5 nitrogen and oxygen atoms in total. The minimum absolute atomic E-state index is 0.0749. The number of hydrogen-bond donors (Lipinski definition) is 1. The maximum absolute atomic E-state index is 12.3. The molecule has 0 aliphatic rings. The molecule has 0 aliphatic heterocycles. The summed E-state index contributed by atoms with van der Waals surface area (Å²) in [6.45, 7) is 4.19. The number of amides is 1. The Bertz CT molecular complexity index is 813. The zero-order chi connectivity index (χ0) is 18.4. The Balaban J connectivity index is 1.91. The van der Waals surface area contributed by atoms with Crippen LogP contribution in [0, 0.1) is 13.8 Å². The summed E-state index contributed by atoms with van der Waals surface area (Å²) in [6.07, 6.45) is -0.0749. The van der Waals surface area contributed by atoms with Crippen LogP contribution in [0.4, 0.5) is 5.69 Å². The van der Waals surface area contributed by atoms with Crippen LogP contribution in [-0.2, 0) is 21.4 Å². The minimum atomic E-state index is -3.49. The van der Waals surface area contributed by atoms with Crippen molar-refractivity contribution >= 4 is 21.6 Å². The van der Waals surface area contributed by atoms with E-state index in [9.17, 15) is 13.2 Å². The molecule has 0 bridgehead atoms. The van der Waals surface area contributed by atoms with E-state index in [0.717, 1.165) is 16.7 Å². The fraction of sp³-hybridized carbons (Fsp3) is 0.316. The van der Waals surface area contributed by atoms with E-state index < -0.39 is 10.0 Å². The normalized spacial score (nSPS) is 11.5. The third-order valence-corrected chi connectivity index (χ3v) is 5.61. The van der Waals surface area contributed by atoms with Crippen LogP contribution in [0.15, 0.2) is 48.5 Å². The number of aryl methyl sites for hydroxylation is 2. The van der Waals surface area contributed by atoms with Gasteiger partial charge < -0.3 is 5.32 Å². The van der Waals surface area contributed by atoms with Crippen molar-refractivity contribution in [3.8, 4) is 0 Å². The number of carbonyl (C=O) groups is 1. The molecule has 2 aromatic rings. The molecule has 0 aromatic heterocycles. The molecular formula is C19H24N2O3S. The number of rotatable bonds is 7. The molecule has 0 radical (unpaired) electrons. The van der Waals surface area contributed by atoms with E-state index in [-0.39, 0.29) is 18.1 Å². The van der Waals surface area contributed by atoms with Gasteiger partial charge in [-0.25, -0.2) is 12.7 Å². The molecule has 1 amide bonds. The monoisotopic (exact) mass is 360 g/mol. The van der Waals surface area contributed by atoms with Crippen LogP contribution in [0.1, 0.15) is 23.1 Å². The van der Waals surface area contributed by atoms with Crippen molar-refractivity contribution in [3.63, 3.8) is 0 Å². The number of carbonyl (C=O) groups excluding carboxylic acids is 1. The quantitative estimate of drug-likeness (QED) is 0.825. The summed E-state index contributed by atoms with van der Waals surface area (Å²) in [5, 5.41) is 2.76. The van der Waals surface area contributed by atoms with Gasteiger partial charge in [0, 0.05) is 25.7 Å². The highest BCUT2D eigenvalue weighted by molar-refractivity contribution is 7.89. The van der Waals surface area contributed by atoms with Crippen molar-refractivity contribution in [2.24, 2.45) is 0 Å². The van der Waals surface area contributed by atoms with Crippen molar-refractivity contribution in [1.82, 2.24) is 4.31 Å². The maximum Gasteiger partial charge on any atom is 0.225 e.